The van der Waals surface area contributed by atoms with Gasteiger partial charge in [-0.2, -0.15) is 0 Å². The fourth-order valence-electron chi connectivity index (χ4n) is 1.03. The summed E-state index contributed by atoms with van der Waals surface area (Å²) in [6.45, 7) is 3.86. The Labute approximate surface area is 82.9 Å². The molecular weight excluding hydrogens is 182 g/mol. The molecule has 0 unspecified atom stereocenters. The molecule has 0 saturated carbocycles. The first kappa shape index (κ1) is 10.8. The quantitative estimate of drug-likeness (QED) is 0.746. The van der Waals surface area contributed by atoms with Crippen molar-refractivity contribution < 1.29 is 14.3 Å². The first-order valence-corrected chi connectivity index (χ1v) is 4.53. The van der Waals surface area contributed by atoms with E-state index in [1.54, 1.807) is 20.1 Å². The van der Waals surface area contributed by atoms with Crippen molar-refractivity contribution in [1.82, 2.24) is 5.32 Å². The summed E-state index contributed by atoms with van der Waals surface area (Å²) in [5.41, 5.74) is -0.882. The molecule has 0 atom stereocenters. The van der Waals surface area contributed by atoms with Crippen LogP contribution in [-0.2, 0) is 11.2 Å². The third-order valence-corrected chi connectivity index (χ3v) is 2.05. The predicted molar refractivity (Wildman–Crippen MR) is 52.1 cm³/mol. The molecule has 1 heterocycles. The van der Waals surface area contributed by atoms with Gasteiger partial charge < -0.3 is 14.8 Å². The molecule has 0 fully saturated rings. The highest BCUT2D eigenvalue weighted by Gasteiger charge is 2.25. The maximum Gasteiger partial charge on any atom is 0.323 e. The van der Waals surface area contributed by atoms with Gasteiger partial charge in [0.15, 0.2) is 0 Å². The molecule has 0 aliphatic heterocycles. The smallest absolute Gasteiger partial charge is 0.323 e. The zero-order valence-electron chi connectivity index (χ0n) is 8.41. The lowest BCUT2D eigenvalue weighted by Gasteiger charge is -2.20. The molecule has 0 saturated heterocycles. The van der Waals surface area contributed by atoms with Crippen LogP contribution in [0.15, 0.2) is 22.8 Å². The van der Waals surface area contributed by atoms with Gasteiger partial charge in [-0.25, -0.2) is 0 Å². The van der Waals surface area contributed by atoms with Crippen LogP contribution in [-0.4, -0.2) is 23.2 Å². The van der Waals surface area contributed by atoms with Crippen molar-refractivity contribution in [2.75, 3.05) is 6.54 Å². The Hall–Kier alpha value is -1.29. The molecule has 0 aliphatic rings. The molecule has 0 radical (unpaired) electrons. The van der Waals surface area contributed by atoms with Gasteiger partial charge in [-0.1, -0.05) is 0 Å². The highest BCUT2D eigenvalue weighted by atomic mass is 16.4. The van der Waals surface area contributed by atoms with E-state index in [1.807, 2.05) is 12.1 Å². The topological polar surface area (TPSA) is 62.5 Å². The van der Waals surface area contributed by atoms with Crippen LogP contribution in [0.4, 0.5) is 0 Å². The van der Waals surface area contributed by atoms with Crippen molar-refractivity contribution in [3.63, 3.8) is 0 Å². The lowest BCUT2D eigenvalue weighted by Crippen LogP contribution is -2.47. The molecule has 1 rings (SSSR count). The number of hydrogen-bond donors (Lipinski definition) is 2. The van der Waals surface area contributed by atoms with Crippen molar-refractivity contribution in [2.45, 2.75) is 25.8 Å². The average Bonchev–Trinajstić information content (AvgIpc) is 2.56. The number of nitrogens with one attached hydrogen (secondary N) is 1. The van der Waals surface area contributed by atoms with Crippen LogP contribution in [0.25, 0.3) is 0 Å². The minimum atomic E-state index is -0.882. The van der Waals surface area contributed by atoms with E-state index in [4.69, 9.17) is 9.52 Å². The molecule has 14 heavy (non-hydrogen) atoms. The van der Waals surface area contributed by atoms with E-state index in [1.165, 1.54) is 0 Å². The number of carboxylic acids is 1. The van der Waals surface area contributed by atoms with Gasteiger partial charge in [0.2, 0.25) is 0 Å². The van der Waals surface area contributed by atoms with Crippen molar-refractivity contribution in [3.05, 3.63) is 24.2 Å². The van der Waals surface area contributed by atoms with Gasteiger partial charge in [0, 0.05) is 13.0 Å². The van der Waals surface area contributed by atoms with Gasteiger partial charge in [0.1, 0.15) is 11.3 Å². The van der Waals surface area contributed by atoms with E-state index in [9.17, 15) is 4.79 Å². The molecule has 78 valence electrons. The van der Waals surface area contributed by atoms with Crippen LogP contribution in [0.1, 0.15) is 19.6 Å². The van der Waals surface area contributed by atoms with Gasteiger partial charge >= 0.3 is 5.97 Å². The number of carbonyl (C=O) groups is 1. The van der Waals surface area contributed by atoms with Gasteiger partial charge in [0.25, 0.3) is 0 Å². The molecule has 1 aromatic rings. The summed E-state index contributed by atoms with van der Waals surface area (Å²) in [5.74, 6) is 0.00985. The van der Waals surface area contributed by atoms with E-state index in [0.717, 1.165) is 5.76 Å². The molecule has 0 aliphatic carbocycles. The fraction of sp³-hybridized carbons (Fsp3) is 0.500. The monoisotopic (exact) mass is 197 g/mol. The minimum absolute atomic E-state index is 0.590. The van der Waals surface area contributed by atoms with E-state index < -0.39 is 11.5 Å². The van der Waals surface area contributed by atoms with E-state index in [2.05, 4.69) is 5.32 Å². The SMILES string of the molecule is CC(C)(NCCc1ccco1)C(=O)O. The zero-order chi connectivity index (χ0) is 10.6. The maximum absolute atomic E-state index is 10.7. The summed E-state index contributed by atoms with van der Waals surface area (Å²) in [4.78, 5) is 10.7. The number of rotatable bonds is 5. The first-order valence-electron chi connectivity index (χ1n) is 4.53. The van der Waals surface area contributed by atoms with Crippen LogP contribution in [0.3, 0.4) is 0 Å². The standard InChI is InChI=1S/C10H15NO3/c1-10(2,9(12)13)11-6-5-8-4-3-7-14-8/h3-4,7,11H,5-6H2,1-2H3,(H,12,13). The molecule has 0 spiro atoms. The van der Waals surface area contributed by atoms with Crippen LogP contribution in [0.2, 0.25) is 0 Å². The Morgan fingerprint density at radius 1 is 1.64 bits per heavy atom. The van der Waals surface area contributed by atoms with E-state index in [-0.39, 0.29) is 0 Å². The van der Waals surface area contributed by atoms with Crippen molar-refractivity contribution in [2.24, 2.45) is 0 Å². The molecule has 4 heteroatoms. The lowest BCUT2D eigenvalue weighted by molar-refractivity contribution is -0.143. The fourth-order valence-corrected chi connectivity index (χ4v) is 1.03. The molecular formula is C10H15NO3. The summed E-state index contributed by atoms with van der Waals surface area (Å²) in [7, 11) is 0. The van der Waals surface area contributed by atoms with Crippen LogP contribution < -0.4 is 5.32 Å². The van der Waals surface area contributed by atoms with Crippen LogP contribution in [0.5, 0.6) is 0 Å². The second-order valence-corrected chi connectivity index (χ2v) is 3.69. The second-order valence-electron chi connectivity index (χ2n) is 3.69. The second kappa shape index (κ2) is 4.28. The number of hydrogen-bond acceptors (Lipinski definition) is 3. The summed E-state index contributed by atoms with van der Waals surface area (Å²) in [5, 5.41) is 11.7. The molecule has 0 aromatic carbocycles. The Bertz CT molecular complexity index is 290. The molecule has 0 amide bonds. The van der Waals surface area contributed by atoms with Crippen molar-refractivity contribution in [3.8, 4) is 0 Å². The third-order valence-electron chi connectivity index (χ3n) is 2.05. The van der Waals surface area contributed by atoms with E-state index in [0.29, 0.717) is 13.0 Å². The van der Waals surface area contributed by atoms with Gasteiger partial charge in [0.05, 0.1) is 6.26 Å². The highest BCUT2D eigenvalue weighted by molar-refractivity contribution is 5.77. The van der Waals surface area contributed by atoms with Gasteiger partial charge in [-0.3, -0.25) is 4.79 Å². The Morgan fingerprint density at radius 2 is 2.36 bits per heavy atom. The lowest BCUT2D eigenvalue weighted by atomic mass is 10.1. The van der Waals surface area contributed by atoms with Crippen LogP contribution in [0, 0.1) is 0 Å². The molecule has 2 N–H and O–H groups in total. The number of carboxylic acid groups (broad SMARTS) is 1. The minimum Gasteiger partial charge on any atom is -0.480 e. The normalized spacial score (nSPS) is 11.6. The first-order chi connectivity index (χ1) is 6.52. The zero-order valence-corrected chi connectivity index (χ0v) is 8.41. The Morgan fingerprint density at radius 3 is 2.86 bits per heavy atom. The highest BCUT2D eigenvalue weighted by Crippen LogP contribution is 2.04. The Balaban J connectivity index is 2.31. The summed E-state index contributed by atoms with van der Waals surface area (Å²) in [6.07, 6.45) is 2.31. The van der Waals surface area contributed by atoms with Crippen LogP contribution >= 0.6 is 0 Å². The summed E-state index contributed by atoms with van der Waals surface area (Å²) in [6, 6.07) is 3.69. The van der Waals surface area contributed by atoms with Gasteiger partial charge in [-0.05, 0) is 26.0 Å². The molecule has 0 bridgehead atoms. The predicted octanol–water partition coefficient (Wildman–Crippen LogP) is 1.27. The average molecular weight is 197 g/mol. The maximum atomic E-state index is 10.7. The van der Waals surface area contributed by atoms with E-state index >= 15 is 0 Å². The van der Waals surface area contributed by atoms with Crippen molar-refractivity contribution >= 4 is 5.97 Å². The Kier molecular flexibility index (Phi) is 3.30. The van der Waals surface area contributed by atoms with Crippen molar-refractivity contribution in [1.29, 1.82) is 0 Å². The molecule has 1 aromatic heterocycles. The third kappa shape index (κ3) is 2.88. The summed E-state index contributed by atoms with van der Waals surface area (Å²) < 4.78 is 5.12. The number of furan rings is 1. The van der Waals surface area contributed by atoms with Gasteiger partial charge in [-0.15, -0.1) is 0 Å². The molecule has 4 nitrogen and oxygen atoms in total. The number of aliphatic carboxylic acids is 1. The largest absolute Gasteiger partial charge is 0.480 e. The summed E-state index contributed by atoms with van der Waals surface area (Å²) >= 11 is 0.